The van der Waals surface area contributed by atoms with E-state index in [2.05, 4.69) is 62.2 Å². The second kappa shape index (κ2) is 5.92. The van der Waals surface area contributed by atoms with E-state index in [-0.39, 0.29) is 0 Å². The van der Waals surface area contributed by atoms with Gasteiger partial charge in [0, 0.05) is 0 Å². The van der Waals surface area contributed by atoms with E-state index < -0.39 is 16.1 Å². The standard InChI is InChI=1S/C16H22O2SSi2/c1-20(2,3)11-7-13-15-16(18-10-9-17-15)14(19-13)8-12-21(4,5)6/h9-10H2,1-6H3. The summed E-state index contributed by atoms with van der Waals surface area (Å²) in [5.74, 6) is 8.20. The van der Waals surface area contributed by atoms with E-state index in [4.69, 9.17) is 9.47 Å². The van der Waals surface area contributed by atoms with Crippen molar-refractivity contribution in [3.63, 3.8) is 0 Å². The van der Waals surface area contributed by atoms with Crippen molar-refractivity contribution in [3.05, 3.63) is 9.75 Å². The van der Waals surface area contributed by atoms with Crippen LogP contribution in [0.15, 0.2) is 0 Å². The van der Waals surface area contributed by atoms with Crippen molar-refractivity contribution < 1.29 is 9.47 Å². The van der Waals surface area contributed by atoms with Gasteiger partial charge in [0.05, 0.1) is 0 Å². The summed E-state index contributed by atoms with van der Waals surface area (Å²) in [5, 5.41) is 0. The number of fused-ring (bicyclic) bond motifs is 1. The van der Waals surface area contributed by atoms with Crippen LogP contribution in [0, 0.1) is 22.9 Å². The summed E-state index contributed by atoms with van der Waals surface area (Å²) in [6.07, 6.45) is 0. The van der Waals surface area contributed by atoms with Crippen LogP contribution in [0.4, 0.5) is 0 Å². The van der Waals surface area contributed by atoms with Crippen molar-refractivity contribution in [2.75, 3.05) is 13.2 Å². The number of hydrogen-bond donors (Lipinski definition) is 0. The molecule has 0 N–H and O–H groups in total. The zero-order valence-corrected chi connectivity index (χ0v) is 16.5. The highest BCUT2D eigenvalue weighted by Gasteiger charge is 2.23. The van der Waals surface area contributed by atoms with Gasteiger partial charge in [-0.3, -0.25) is 0 Å². The van der Waals surface area contributed by atoms with Crippen LogP contribution in [0.25, 0.3) is 0 Å². The lowest BCUT2D eigenvalue weighted by molar-refractivity contribution is 0.172. The van der Waals surface area contributed by atoms with E-state index in [0.717, 1.165) is 21.3 Å². The van der Waals surface area contributed by atoms with Gasteiger partial charge in [-0.1, -0.05) is 51.1 Å². The Balaban J connectivity index is 2.45. The smallest absolute Gasteiger partial charge is 0.189 e. The summed E-state index contributed by atoms with van der Waals surface area (Å²) in [6, 6.07) is 0. The second-order valence-electron chi connectivity index (χ2n) is 7.12. The molecule has 1 aromatic heterocycles. The van der Waals surface area contributed by atoms with Crippen molar-refractivity contribution in [1.29, 1.82) is 0 Å². The Morgan fingerprint density at radius 3 is 1.48 bits per heavy atom. The highest BCUT2D eigenvalue weighted by atomic mass is 32.1. The fourth-order valence-electron chi connectivity index (χ4n) is 1.60. The molecule has 0 aromatic carbocycles. The Kier molecular flexibility index (Phi) is 4.58. The van der Waals surface area contributed by atoms with Crippen molar-refractivity contribution in [3.8, 4) is 34.4 Å². The lowest BCUT2D eigenvalue weighted by Crippen LogP contribution is -2.17. The molecule has 0 radical (unpaired) electrons. The van der Waals surface area contributed by atoms with Crippen molar-refractivity contribution >= 4 is 27.5 Å². The molecule has 0 bridgehead atoms. The third-order valence-electron chi connectivity index (χ3n) is 2.50. The highest BCUT2D eigenvalue weighted by molar-refractivity contribution is 7.14. The first-order valence-electron chi connectivity index (χ1n) is 7.14. The molecule has 0 atom stereocenters. The van der Waals surface area contributed by atoms with Crippen LogP contribution >= 0.6 is 11.3 Å². The summed E-state index contributed by atoms with van der Waals surface area (Å²) < 4.78 is 11.5. The molecular formula is C16H22O2SSi2. The molecule has 2 heterocycles. The summed E-state index contributed by atoms with van der Waals surface area (Å²) in [7, 11) is -2.81. The summed E-state index contributed by atoms with van der Waals surface area (Å²) in [6.45, 7) is 14.6. The van der Waals surface area contributed by atoms with Gasteiger partial charge in [-0.15, -0.1) is 22.4 Å². The first-order chi connectivity index (χ1) is 9.66. The molecule has 0 amide bonds. The Morgan fingerprint density at radius 2 is 1.14 bits per heavy atom. The third-order valence-corrected chi connectivity index (χ3v) is 5.23. The van der Waals surface area contributed by atoms with Crippen LogP contribution in [0.2, 0.25) is 39.3 Å². The summed E-state index contributed by atoms with van der Waals surface area (Å²) >= 11 is 1.60. The van der Waals surface area contributed by atoms with Gasteiger partial charge in [0.1, 0.15) is 39.1 Å². The Bertz CT molecular complexity index is 599. The zero-order chi connectivity index (χ0) is 15.7. The molecule has 2 nitrogen and oxygen atoms in total. The van der Waals surface area contributed by atoms with Crippen LogP contribution in [-0.4, -0.2) is 29.4 Å². The average Bonchev–Trinajstić information content (AvgIpc) is 2.71. The maximum atomic E-state index is 5.77. The molecule has 21 heavy (non-hydrogen) atoms. The fraction of sp³-hybridized carbons (Fsp3) is 0.500. The second-order valence-corrected chi connectivity index (χ2v) is 17.6. The van der Waals surface area contributed by atoms with E-state index in [1.165, 1.54) is 0 Å². The van der Waals surface area contributed by atoms with Gasteiger partial charge >= 0.3 is 0 Å². The van der Waals surface area contributed by atoms with Crippen LogP contribution in [0.3, 0.4) is 0 Å². The lowest BCUT2D eigenvalue weighted by atomic mass is 10.3. The van der Waals surface area contributed by atoms with E-state index in [9.17, 15) is 0 Å². The molecular weight excluding hydrogens is 312 g/mol. The van der Waals surface area contributed by atoms with Gasteiger partial charge < -0.3 is 9.47 Å². The largest absolute Gasteiger partial charge is 0.484 e. The molecule has 0 saturated heterocycles. The van der Waals surface area contributed by atoms with Crippen LogP contribution < -0.4 is 9.47 Å². The van der Waals surface area contributed by atoms with Gasteiger partial charge in [0.15, 0.2) is 11.5 Å². The number of ether oxygens (including phenoxy) is 2. The monoisotopic (exact) mass is 334 g/mol. The molecule has 2 rings (SSSR count). The zero-order valence-electron chi connectivity index (χ0n) is 13.6. The topological polar surface area (TPSA) is 18.5 Å². The van der Waals surface area contributed by atoms with E-state index in [0.29, 0.717) is 13.2 Å². The number of rotatable bonds is 0. The maximum Gasteiger partial charge on any atom is 0.189 e. The van der Waals surface area contributed by atoms with Crippen molar-refractivity contribution in [1.82, 2.24) is 0 Å². The quantitative estimate of drug-likeness (QED) is 0.528. The van der Waals surface area contributed by atoms with Gasteiger partial charge in [-0.05, 0) is 0 Å². The Morgan fingerprint density at radius 1 is 0.762 bits per heavy atom. The molecule has 0 aliphatic carbocycles. The number of thiophene rings is 1. The predicted octanol–water partition coefficient (Wildman–Crippen LogP) is 3.98. The minimum absolute atomic E-state index is 0.590. The molecule has 1 aliphatic rings. The first kappa shape index (κ1) is 16.2. The molecule has 0 fully saturated rings. The molecule has 112 valence electrons. The molecule has 0 spiro atoms. The van der Waals surface area contributed by atoms with Crippen LogP contribution in [0.1, 0.15) is 9.75 Å². The van der Waals surface area contributed by atoms with E-state index in [1.807, 2.05) is 0 Å². The predicted molar refractivity (Wildman–Crippen MR) is 95.8 cm³/mol. The van der Waals surface area contributed by atoms with Crippen molar-refractivity contribution in [2.24, 2.45) is 0 Å². The maximum absolute atomic E-state index is 5.77. The minimum atomic E-state index is -1.40. The number of hydrogen-bond acceptors (Lipinski definition) is 3. The van der Waals surface area contributed by atoms with E-state index >= 15 is 0 Å². The minimum Gasteiger partial charge on any atom is -0.484 e. The SMILES string of the molecule is C[Si](C)(C)C#Cc1sc(C#C[Si](C)(C)C)c2c1OCCO2. The van der Waals surface area contributed by atoms with Gasteiger partial charge in [-0.2, -0.15) is 0 Å². The van der Waals surface area contributed by atoms with Gasteiger partial charge in [0.2, 0.25) is 0 Å². The van der Waals surface area contributed by atoms with Crippen LogP contribution in [-0.2, 0) is 0 Å². The van der Waals surface area contributed by atoms with E-state index in [1.54, 1.807) is 11.3 Å². The fourth-order valence-corrected chi connectivity index (χ4v) is 3.68. The molecule has 1 aliphatic heterocycles. The Hall–Kier alpha value is -1.15. The highest BCUT2D eigenvalue weighted by Crippen LogP contribution is 2.43. The average molecular weight is 335 g/mol. The van der Waals surface area contributed by atoms with Crippen LogP contribution in [0.5, 0.6) is 11.5 Å². The van der Waals surface area contributed by atoms with Crippen molar-refractivity contribution in [2.45, 2.75) is 39.3 Å². The molecule has 0 unspecified atom stereocenters. The third kappa shape index (κ3) is 4.67. The first-order valence-corrected chi connectivity index (χ1v) is 15.0. The normalized spacial score (nSPS) is 13.8. The lowest BCUT2D eigenvalue weighted by Gasteiger charge is -2.15. The van der Waals surface area contributed by atoms with Gasteiger partial charge in [-0.25, -0.2) is 0 Å². The molecule has 5 heteroatoms. The summed E-state index contributed by atoms with van der Waals surface area (Å²) in [4.78, 5) is 1.93. The molecule has 0 saturated carbocycles. The Labute approximate surface area is 133 Å². The summed E-state index contributed by atoms with van der Waals surface area (Å²) in [5.41, 5.74) is 6.80. The molecule has 1 aromatic rings. The van der Waals surface area contributed by atoms with Gasteiger partial charge in [0.25, 0.3) is 0 Å².